The number of nitrogens with zero attached hydrogens (tertiary/aromatic N) is 1. The summed E-state index contributed by atoms with van der Waals surface area (Å²) in [5.74, 6) is -0.629. The molecule has 0 aliphatic heterocycles. The van der Waals surface area contributed by atoms with Crippen molar-refractivity contribution in [2.45, 2.75) is 18.2 Å². The Morgan fingerprint density at radius 2 is 2.10 bits per heavy atom. The molecule has 0 saturated heterocycles. The van der Waals surface area contributed by atoms with Crippen molar-refractivity contribution >= 4 is 32.5 Å². The molecule has 106 valence electrons. The lowest BCUT2D eigenvalue weighted by Crippen LogP contribution is -2.16. The fourth-order valence-electron chi connectivity index (χ4n) is 1.57. The number of rotatable bonds is 4. The zero-order valence-corrected chi connectivity index (χ0v) is 12.2. The molecule has 1 amide bonds. The number of thiazole rings is 1. The monoisotopic (exact) mass is 312 g/mol. The van der Waals surface area contributed by atoms with Crippen LogP contribution < -0.4 is 5.32 Å². The Morgan fingerprint density at radius 1 is 1.40 bits per heavy atom. The molecule has 0 atom stereocenters. The van der Waals surface area contributed by atoms with E-state index in [0.717, 1.165) is 11.3 Å². The number of aromatic nitrogens is 1. The summed E-state index contributed by atoms with van der Waals surface area (Å²) in [7, 11) is -4.45. The third kappa shape index (κ3) is 3.21. The van der Waals surface area contributed by atoms with Crippen LogP contribution in [0.5, 0.6) is 0 Å². The van der Waals surface area contributed by atoms with Gasteiger partial charge in [-0.1, -0.05) is 19.1 Å². The summed E-state index contributed by atoms with van der Waals surface area (Å²) in [6.45, 7) is 1.97. The van der Waals surface area contributed by atoms with Gasteiger partial charge in [0.1, 0.15) is 4.90 Å². The van der Waals surface area contributed by atoms with Crippen LogP contribution in [0.25, 0.3) is 0 Å². The Morgan fingerprint density at radius 3 is 2.70 bits per heavy atom. The maximum absolute atomic E-state index is 12.1. The first-order valence-electron chi connectivity index (χ1n) is 5.74. The topological polar surface area (TPSA) is 96.4 Å². The molecule has 0 bridgehead atoms. The fourth-order valence-corrected chi connectivity index (χ4v) is 3.01. The lowest BCUT2D eigenvalue weighted by Gasteiger charge is -2.06. The molecule has 8 heteroatoms. The van der Waals surface area contributed by atoms with Crippen molar-refractivity contribution in [3.63, 3.8) is 0 Å². The van der Waals surface area contributed by atoms with Crippen molar-refractivity contribution in [1.82, 2.24) is 4.98 Å². The summed E-state index contributed by atoms with van der Waals surface area (Å²) >= 11 is 1.31. The maximum atomic E-state index is 12.1. The van der Waals surface area contributed by atoms with E-state index in [1.54, 1.807) is 6.20 Å². The Labute approximate surface area is 120 Å². The van der Waals surface area contributed by atoms with Crippen LogP contribution in [-0.4, -0.2) is 23.9 Å². The first-order valence-corrected chi connectivity index (χ1v) is 8.00. The van der Waals surface area contributed by atoms with E-state index in [9.17, 15) is 13.2 Å². The highest BCUT2D eigenvalue weighted by molar-refractivity contribution is 7.86. The predicted octanol–water partition coefficient (Wildman–Crippen LogP) is 2.20. The standard InChI is InChI=1S/C12H12N2O4S2/c1-2-8-7-13-12(19-8)14-11(15)9-5-3-4-6-10(9)20(16,17)18/h3-7H,2H2,1H3,(H,13,14,15)(H,16,17,18). The molecule has 0 fully saturated rings. The molecular weight excluding hydrogens is 300 g/mol. The molecule has 20 heavy (non-hydrogen) atoms. The molecule has 1 aromatic carbocycles. The van der Waals surface area contributed by atoms with Crippen molar-refractivity contribution in [2.75, 3.05) is 5.32 Å². The van der Waals surface area contributed by atoms with Gasteiger partial charge in [0.25, 0.3) is 16.0 Å². The Balaban J connectivity index is 2.30. The van der Waals surface area contributed by atoms with Crippen LogP contribution in [0.2, 0.25) is 0 Å². The number of anilines is 1. The molecular formula is C12H12N2O4S2. The van der Waals surface area contributed by atoms with Crippen molar-refractivity contribution in [3.8, 4) is 0 Å². The van der Waals surface area contributed by atoms with Gasteiger partial charge in [0.15, 0.2) is 5.13 Å². The van der Waals surface area contributed by atoms with Crippen LogP contribution in [0.1, 0.15) is 22.2 Å². The van der Waals surface area contributed by atoms with Crippen molar-refractivity contribution in [1.29, 1.82) is 0 Å². The van der Waals surface area contributed by atoms with E-state index in [1.807, 2.05) is 6.92 Å². The van der Waals surface area contributed by atoms with E-state index in [-0.39, 0.29) is 5.56 Å². The molecule has 2 N–H and O–H groups in total. The lowest BCUT2D eigenvalue weighted by atomic mass is 10.2. The van der Waals surface area contributed by atoms with Crippen LogP contribution in [0, 0.1) is 0 Å². The van der Waals surface area contributed by atoms with Crippen molar-refractivity contribution < 1.29 is 17.8 Å². The molecule has 0 unspecified atom stereocenters. The average molecular weight is 312 g/mol. The zero-order chi connectivity index (χ0) is 14.8. The lowest BCUT2D eigenvalue weighted by molar-refractivity contribution is 0.102. The summed E-state index contributed by atoms with van der Waals surface area (Å²) in [4.78, 5) is 16.7. The molecule has 2 aromatic rings. The van der Waals surface area contributed by atoms with Crippen LogP contribution in [0.3, 0.4) is 0 Å². The number of amides is 1. The molecule has 0 saturated carbocycles. The van der Waals surface area contributed by atoms with Crippen LogP contribution in [0.15, 0.2) is 35.4 Å². The van der Waals surface area contributed by atoms with Gasteiger partial charge in [0, 0.05) is 11.1 Å². The number of hydrogen-bond acceptors (Lipinski definition) is 5. The number of carbonyl (C=O) groups excluding carboxylic acids is 1. The minimum atomic E-state index is -4.45. The van der Waals surface area contributed by atoms with E-state index >= 15 is 0 Å². The maximum Gasteiger partial charge on any atom is 0.295 e. The van der Waals surface area contributed by atoms with Gasteiger partial charge in [-0.3, -0.25) is 14.7 Å². The van der Waals surface area contributed by atoms with Crippen molar-refractivity contribution in [2.24, 2.45) is 0 Å². The minimum absolute atomic E-state index is 0.122. The number of aryl methyl sites for hydroxylation is 1. The van der Waals surface area contributed by atoms with Gasteiger partial charge in [-0.25, -0.2) is 4.98 Å². The Kier molecular flexibility index (Phi) is 4.17. The highest BCUT2D eigenvalue weighted by Gasteiger charge is 2.20. The number of nitrogens with one attached hydrogen (secondary N) is 1. The number of carbonyl (C=O) groups is 1. The quantitative estimate of drug-likeness (QED) is 0.844. The molecule has 0 aliphatic rings. The second kappa shape index (κ2) is 5.70. The van der Waals surface area contributed by atoms with Crippen LogP contribution in [0.4, 0.5) is 5.13 Å². The van der Waals surface area contributed by atoms with E-state index in [2.05, 4.69) is 10.3 Å². The first-order chi connectivity index (χ1) is 9.41. The van der Waals surface area contributed by atoms with E-state index in [4.69, 9.17) is 4.55 Å². The second-order valence-electron chi connectivity index (χ2n) is 3.91. The van der Waals surface area contributed by atoms with Gasteiger partial charge in [0.05, 0.1) is 5.56 Å². The Hall–Kier alpha value is -1.77. The van der Waals surface area contributed by atoms with Gasteiger partial charge < -0.3 is 0 Å². The SMILES string of the molecule is CCc1cnc(NC(=O)c2ccccc2S(=O)(=O)O)s1. The summed E-state index contributed by atoms with van der Waals surface area (Å²) in [5.41, 5.74) is -0.122. The molecule has 1 heterocycles. The third-order valence-electron chi connectivity index (χ3n) is 2.53. The van der Waals surface area contributed by atoms with Gasteiger partial charge in [-0.15, -0.1) is 11.3 Å². The second-order valence-corrected chi connectivity index (χ2v) is 6.42. The molecule has 6 nitrogen and oxygen atoms in total. The zero-order valence-electron chi connectivity index (χ0n) is 10.5. The van der Waals surface area contributed by atoms with Gasteiger partial charge in [-0.05, 0) is 18.6 Å². The summed E-state index contributed by atoms with van der Waals surface area (Å²) in [6, 6.07) is 5.44. The predicted molar refractivity (Wildman–Crippen MR) is 75.7 cm³/mol. The summed E-state index contributed by atoms with van der Waals surface area (Å²) in [6.07, 6.45) is 2.45. The van der Waals surface area contributed by atoms with Crippen molar-refractivity contribution in [3.05, 3.63) is 40.9 Å². The van der Waals surface area contributed by atoms with E-state index in [1.165, 1.54) is 35.6 Å². The molecule has 0 spiro atoms. The van der Waals surface area contributed by atoms with Crippen LogP contribution in [-0.2, 0) is 16.5 Å². The first kappa shape index (κ1) is 14.6. The smallest absolute Gasteiger partial charge is 0.295 e. The van der Waals surface area contributed by atoms with Gasteiger partial charge >= 0.3 is 0 Å². The summed E-state index contributed by atoms with van der Waals surface area (Å²) < 4.78 is 31.6. The average Bonchev–Trinajstić information content (AvgIpc) is 2.85. The Bertz CT molecular complexity index is 737. The van der Waals surface area contributed by atoms with E-state index < -0.39 is 20.9 Å². The number of hydrogen-bond donors (Lipinski definition) is 2. The number of benzene rings is 1. The highest BCUT2D eigenvalue weighted by atomic mass is 32.2. The highest BCUT2D eigenvalue weighted by Crippen LogP contribution is 2.21. The molecule has 2 rings (SSSR count). The molecule has 1 aromatic heterocycles. The largest absolute Gasteiger partial charge is 0.298 e. The van der Waals surface area contributed by atoms with E-state index in [0.29, 0.717) is 5.13 Å². The normalized spacial score (nSPS) is 11.3. The molecule has 0 radical (unpaired) electrons. The fraction of sp³-hybridized carbons (Fsp3) is 0.167. The van der Waals surface area contributed by atoms with Crippen LogP contribution >= 0.6 is 11.3 Å². The molecule has 0 aliphatic carbocycles. The third-order valence-corrected chi connectivity index (χ3v) is 4.50. The summed E-state index contributed by atoms with van der Waals surface area (Å²) in [5, 5.41) is 2.90. The minimum Gasteiger partial charge on any atom is -0.298 e. The van der Waals surface area contributed by atoms with Gasteiger partial charge in [-0.2, -0.15) is 8.42 Å². The van der Waals surface area contributed by atoms with Gasteiger partial charge in [0.2, 0.25) is 0 Å².